The predicted molar refractivity (Wildman–Crippen MR) is 101 cm³/mol. The number of piperazine rings is 1. The lowest BCUT2D eigenvalue weighted by molar-refractivity contribution is -0.130. The number of hydrogen-bond donors (Lipinski definition) is 0. The van der Waals surface area contributed by atoms with E-state index >= 15 is 0 Å². The Kier molecular flexibility index (Phi) is 4.36. The highest BCUT2D eigenvalue weighted by molar-refractivity contribution is 7.15. The molecule has 0 N–H and O–H groups in total. The van der Waals surface area contributed by atoms with Crippen molar-refractivity contribution in [1.82, 2.24) is 20.3 Å². The van der Waals surface area contributed by atoms with Crippen LogP contribution >= 0.6 is 11.3 Å². The summed E-state index contributed by atoms with van der Waals surface area (Å²) in [5.41, 5.74) is 3.80. The Morgan fingerprint density at radius 3 is 2.54 bits per heavy atom. The van der Waals surface area contributed by atoms with Crippen molar-refractivity contribution in [3.63, 3.8) is 0 Å². The molecular weight excluding hydrogens is 350 g/mol. The average molecular weight is 371 g/mol. The van der Waals surface area contributed by atoms with Crippen molar-refractivity contribution in [2.75, 3.05) is 31.1 Å². The van der Waals surface area contributed by atoms with Gasteiger partial charge in [0, 0.05) is 31.6 Å². The largest absolute Gasteiger partial charge is 0.356 e. The van der Waals surface area contributed by atoms with Gasteiger partial charge in [0.15, 0.2) is 5.58 Å². The molecule has 136 valence electrons. The van der Waals surface area contributed by atoms with Gasteiger partial charge in [-0.3, -0.25) is 4.79 Å². The van der Waals surface area contributed by atoms with E-state index < -0.39 is 0 Å². The Hall–Kier alpha value is -2.48. The van der Waals surface area contributed by atoms with Crippen LogP contribution in [0.5, 0.6) is 0 Å². The first kappa shape index (κ1) is 17.0. The topological polar surface area (TPSA) is 75.4 Å². The molecule has 0 atom stereocenters. The van der Waals surface area contributed by atoms with E-state index in [-0.39, 0.29) is 12.3 Å². The van der Waals surface area contributed by atoms with Crippen LogP contribution < -0.4 is 4.90 Å². The number of carbonyl (C=O) groups is 1. The average Bonchev–Trinajstić information content (AvgIpc) is 3.22. The standard InChI is InChI=1S/C18H21N5O2S/c1-11-8-14-15(21-25-16(14)9-12(11)2)10-17(24)22-4-6-23(7-5-22)18-20-19-13(3)26-18/h8-9H,4-7,10H2,1-3H3. The third kappa shape index (κ3) is 3.16. The fourth-order valence-electron chi connectivity index (χ4n) is 3.19. The number of aromatic nitrogens is 3. The van der Waals surface area contributed by atoms with Gasteiger partial charge < -0.3 is 14.3 Å². The molecule has 0 radical (unpaired) electrons. The third-order valence-electron chi connectivity index (χ3n) is 4.90. The fourth-order valence-corrected chi connectivity index (χ4v) is 3.93. The number of benzene rings is 1. The smallest absolute Gasteiger partial charge is 0.228 e. The van der Waals surface area contributed by atoms with E-state index in [0.717, 1.165) is 45.5 Å². The van der Waals surface area contributed by atoms with Crippen LogP contribution in [0.15, 0.2) is 16.7 Å². The van der Waals surface area contributed by atoms with Crippen LogP contribution in [0.2, 0.25) is 0 Å². The number of hydrogen-bond acceptors (Lipinski definition) is 7. The Bertz CT molecular complexity index is 956. The Balaban J connectivity index is 1.42. The second kappa shape index (κ2) is 6.68. The van der Waals surface area contributed by atoms with Gasteiger partial charge in [0.05, 0.1) is 6.42 Å². The molecule has 26 heavy (non-hydrogen) atoms. The van der Waals surface area contributed by atoms with Crippen LogP contribution in [0.1, 0.15) is 21.8 Å². The predicted octanol–water partition coefficient (Wildman–Crippen LogP) is 2.50. The summed E-state index contributed by atoms with van der Waals surface area (Å²) in [5.74, 6) is 0.0894. The summed E-state index contributed by atoms with van der Waals surface area (Å²) >= 11 is 1.59. The van der Waals surface area contributed by atoms with E-state index in [9.17, 15) is 4.79 Å². The molecule has 0 spiro atoms. The summed E-state index contributed by atoms with van der Waals surface area (Å²) in [6.07, 6.45) is 0.271. The number of anilines is 1. The van der Waals surface area contributed by atoms with E-state index in [1.807, 2.05) is 24.8 Å². The van der Waals surface area contributed by atoms with Crippen LogP contribution in [-0.4, -0.2) is 52.3 Å². The molecule has 1 aromatic carbocycles. The van der Waals surface area contributed by atoms with Crippen LogP contribution in [0, 0.1) is 20.8 Å². The highest BCUT2D eigenvalue weighted by atomic mass is 32.1. The molecule has 0 aliphatic carbocycles. The monoisotopic (exact) mass is 371 g/mol. The normalized spacial score (nSPS) is 15.0. The molecule has 1 aliphatic heterocycles. The Labute approximate surface area is 155 Å². The summed E-state index contributed by atoms with van der Waals surface area (Å²) in [4.78, 5) is 16.8. The summed E-state index contributed by atoms with van der Waals surface area (Å²) in [5, 5.41) is 15.2. The lowest BCUT2D eigenvalue weighted by Gasteiger charge is -2.34. The van der Waals surface area contributed by atoms with E-state index in [1.54, 1.807) is 11.3 Å². The molecule has 8 heteroatoms. The molecule has 0 saturated carbocycles. The lowest BCUT2D eigenvalue weighted by atomic mass is 10.1. The minimum Gasteiger partial charge on any atom is -0.356 e. The van der Waals surface area contributed by atoms with Crippen molar-refractivity contribution < 1.29 is 9.32 Å². The number of aryl methyl sites for hydroxylation is 3. The second-order valence-electron chi connectivity index (χ2n) is 6.71. The molecule has 4 rings (SSSR count). The van der Waals surface area contributed by atoms with Gasteiger partial charge in [-0.2, -0.15) is 0 Å². The molecule has 3 aromatic rings. The van der Waals surface area contributed by atoms with Gasteiger partial charge in [-0.05, 0) is 44.0 Å². The molecule has 1 aliphatic rings. The van der Waals surface area contributed by atoms with E-state index in [2.05, 4.69) is 33.2 Å². The number of carbonyl (C=O) groups excluding carboxylic acids is 1. The molecule has 3 heterocycles. The Morgan fingerprint density at radius 2 is 1.85 bits per heavy atom. The van der Waals surface area contributed by atoms with Gasteiger partial charge in [0.25, 0.3) is 0 Å². The lowest BCUT2D eigenvalue weighted by Crippen LogP contribution is -2.49. The first-order valence-corrected chi connectivity index (χ1v) is 9.51. The first-order valence-electron chi connectivity index (χ1n) is 8.69. The van der Waals surface area contributed by atoms with Crippen molar-refractivity contribution in [3.05, 3.63) is 34.0 Å². The molecule has 1 saturated heterocycles. The minimum absolute atomic E-state index is 0.0894. The third-order valence-corrected chi connectivity index (χ3v) is 5.80. The van der Waals surface area contributed by atoms with Gasteiger partial charge in [0.2, 0.25) is 11.0 Å². The van der Waals surface area contributed by atoms with Crippen molar-refractivity contribution in [3.8, 4) is 0 Å². The number of nitrogens with zero attached hydrogens (tertiary/aromatic N) is 5. The van der Waals surface area contributed by atoms with E-state index in [1.165, 1.54) is 5.56 Å². The molecule has 2 aromatic heterocycles. The van der Waals surface area contributed by atoms with E-state index in [0.29, 0.717) is 13.1 Å². The number of rotatable bonds is 3. The quantitative estimate of drug-likeness (QED) is 0.704. The molecule has 0 bridgehead atoms. The Morgan fingerprint density at radius 1 is 1.12 bits per heavy atom. The molecule has 7 nitrogen and oxygen atoms in total. The van der Waals surface area contributed by atoms with Gasteiger partial charge in [-0.25, -0.2) is 0 Å². The van der Waals surface area contributed by atoms with Crippen LogP contribution in [0.3, 0.4) is 0 Å². The molecule has 0 unspecified atom stereocenters. The zero-order chi connectivity index (χ0) is 18.3. The van der Waals surface area contributed by atoms with Gasteiger partial charge in [0.1, 0.15) is 10.7 Å². The fraction of sp³-hybridized carbons (Fsp3) is 0.444. The zero-order valence-electron chi connectivity index (χ0n) is 15.2. The van der Waals surface area contributed by atoms with Crippen molar-refractivity contribution in [1.29, 1.82) is 0 Å². The maximum Gasteiger partial charge on any atom is 0.228 e. The number of amides is 1. The highest BCUT2D eigenvalue weighted by Crippen LogP contribution is 2.24. The zero-order valence-corrected chi connectivity index (χ0v) is 16.0. The van der Waals surface area contributed by atoms with Gasteiger partial charge >= 0.3 is 0 Å². The molecular formula is C18H21N5O2S. The molecule has 1 fully saturated rings. The van der Waals surface area contributed by atoms with Crippen LogP contribution in [0.25, 0.3) is 11.0 Å². The maximum atomic E-state index is 12.7. The van der Waals surface area contributed by atoms with Crippen molar-refractivity contribution in [2.45, 2.75) is 27.2 Å². The van der Waals surface area contributed by atoms with Gasteiger partial charge in [-0.1, -0.05) is 16.5 Å². The molecule has 1 amide bonds. The number of fused-ring (bicyclic) bond motifs is 1. The van der Waals surface area contributed by atoms with Crippen LogP contribution in [0.4, 0.5) is 5.13 Å². The second-order valence-corrected chi connectivity index (χ2v) is 7.87. The first-order chi connectivity index (χ1) is 12.5. The minimum atomic E-state index is 0.0894. The summed E-state index contributed by atoms with van der Waals surface area (Å²) < 4.78 is 5.41. The SMILES string of the molecule is Cc1nnc(N2CCN(C(=O)Cc3noc4cc(C)c(C)cc34)CC2)s1. The highest BCUT2D eigenvalue weighted by Gasteiger charge is 2.24. The van der Waals surface area contributed by atoms with Crippen LogP contribution in [-0.2, 0) is 11.2 Å². The van der Waals surface area contributed by atoms with Crippen molar-refractivity contribution >= 4 is 33.3 Å². The summed E-state index contributed by atoms with van der Waals surface area (Å²) in [6.45, 7) is 8.97. The van der Waals surface area contributed by atoms with E-state index in [4.69, 9.17) is 4.52 Å². The van der Waals surface area contributed by atoms with Gasteiger partial charge in [-0.15, -0.1) is 10.2 Å². The maximum absolute atomic E-state index is 12.7. The summed E-state index contributed by atoms with van der Waals surface area (Å²) in [6, 6.07) is 4.04. The summed E-state index contributed by atoms with van der Waals surface area (Å²) in [7, 11) is 0. The van der Waals surface area contributed by atoms with Crippen molar-refractivity contribution in [2.24, 2.45) is 0 Å².